The Balaban J connectivity index is 2.49. The van der Waals surface area contributed by atoms with Crippen LogP contribution in [0, 0.1) is 0 Å². The first kappa shape index (κ1) is 19.5. The van der Waals surface area contributed by atoms with Gasteiger partial charge in [0.2, 0.25) is 0 Å². The van der Waals surface area contributed by atoms with Crippen LogP contribution in [0.1, 0.15) is 59.3 Å². The van der Waals surface area contributed by atoms with Crippen LogP contribution in [0.4, 0.5) is 0 Å². The summed E-state index contributed by atoms with van der Waals surface area (Å²) in [6.45, 7) is 9.36. The first-order chi connectivity index (χ1) is 10.8. The summed E-state index contributed by atoms with van der Waals surface area (Å²) in [6, 6.07) is 0. The predicted octanol–water partition coefficient (Wildman–Crippen LogP) is 4.09. The van der Waals surface area contributed by atoms with Gasteiger partial charge >= 0.3 is 0 Å². The molecular weight excluding hydrogens is 280 g/mol. The highest BCUT2D eigenvalue weighted by molar-refractivity contribution is 4.99. The fraction of sp³-hybridized carbons (Fsp3) is 0.889. The summed E-state index contributed by atoms with van der Waals surface area (Å²) in [5.41, 5.74) is 0. The minimum absolute atomic E-state index is 0.0306. The van der Waals surface area contributed by atoms with Gasteiger partial charge in [-0.25, -0.2) is 0 Å². The second-order valence-electron chi connectivity index (χ2n) is 5.81. The quantitative estimate of drug-likeness (QED) is 0.480. The Labute approximate surface area is 136 Å². The maximum atomic E-state index is 6.06. The van der Waals surface area contributed by atoms with Crippen molar-refractivity contribution in [2.24, 2.45) is 0 Å². The monoisotopic (exact) mass is 314 g/mol. The Kier molecular flexibility index (Phi) is 11.4. The highest BCUT2D eigenvalue weighted by atomic mass is 16.6. The molecule has 0 amide bonds. The van der Waals surface area contributed by atoms with Crippen LogP contribution < -0.4 is 0 Å². The maximum absolute atomic E-state index is 6.06. The van der Waals surface area contributed by atoms with Crippen LogP contribution in [0.15, 0.2) is 12.3 Å². The van der Waals surface area contributed by atoms with Gasteiger partial charge in [0.1, 0.15) is 18.3 Å². The van der Waals surface area contributed by atoms with E-state index in [2.05, 4.69) is 20.8 Å². The molecule has 1 aliphatic rings. The predicted molar refractivity (Wildman–Crippen MR) is 89.0 cm³/mol. The van der Waals surface area contributed by atoms with Gasteiger partial charge in [0, 0.05) is 19.8 Å². The molecule has 0 aliphatic carbocycles. The molecule has 1 aliphatic heterocycles. The summed E-state index contributed by atoms with van der Waals surface area (Å²) >= 11 is 0. The summed E-state index contributed by atoms with van der Waals surface area (Å²) in [5.74, 6) is 0. The molecule has 0 saturated carbocycles. The molecule has 3 atom stereocenters. The number of hydrogen-bond donors (Lipinski definition) is 0. The summed E-state index contributed by atoms with van der Waals surface area (Å²) in [7, 11) is 0. The minimum atomic E-state index is -0.0784. The molecule has 0 N–H and O–H groups in total. The molecule has 1 rings (SSSR count). The minimum Gasteiger partial charge on any atom is -0.493 e. The highest BCUT2D eigenvalue weighted by Crippen LogP contribution is 2.20. The third kappa shape index (κ3) is 7.61. The van der Waals surface area contributed by atoms with E-state index in [0.29, 0.717) is 6.61 Å². The van der Waals surface area contributed by atoms with Gasteiger partial charge in [-0.05, 0) is 25.3 Å². The molecule has 22 heavy (non-hydrogen) atoms. The lowest BCUT2D eigenvalue weighted by atomic mass is 10.1. The second-order valence-corrected chi connectivity index (χ2v) is 5.81. The zero-order valence-corrected chi connectivity index (χ0v) is 14.6. The molecule has 0 radical (unpaired) electrons. The number of hydrogen-bond acceptors (Lipinski definition) is 4. The van der Waals surface area contributed by atoms with E-state index >= 15 is 0 Å². The first-order valence-electron chi connectivity index (χ1n) is 8.96. The van der Waals surface area contributed by atoms with Crippen molar-refractivity contribution < 1.29 is 18.9 Å². The van der Waals surface area contributed by atoms with Crippen LogP contribution >= 0.6 is 0 Å². The Bertz CT molecular complexity index is 280. The van der Waals surface area contributed by atoms with Gasteiger partial charge in [-0.1, -0.05) is 40.0 Å². The fourth-order valence-corrected chi connectivity index (χ4v) is 2.28. The van der Waals surface area contributed by atoms with Crippen LogP contribution in [0.5, 0.6) is 0 Å². The SMILES string of the molecule is CCCCOC[C@H]1OC=C[C@@H](OCCCC)[C@@H]1OCCCC. The van der Waals surface area contributed by atoms with E-state index < -0.39 is 0 Å². The van der Waals surface area contributed by atoms with Gasteiger partial charge in [0.15, 0.2) is 0 Å². The summed E-state index contributed by atoms with van der Waals surface area (Å²) in [6.07, 6.45) is 10.2. The van der Waals surface area contributed by atoms with E-state index in [0.717, 1.165) is 58.3 Å². The van der Waals surface area contributed by atoms with E-state index in [1.54, 1.807) is 6.26 Å². The van der Waals surface area contributed by atoms with Crippen LogP contribution in [0.25, 0.3) is 0 Å². The van der Waals surface area contributed by atoms with Crippen molar-refractivity contribution in [1.82, 2.24) is 0 Å². The van der Waals surface area contributed by atoms with E-state index in [1.807, 2.05) is 6.08 Å². The molecule has 1 heterocycles. The summed E-state index contributed by atoms with van der Waals surface area (Å²) in [5, 5.41) is 0. The number of ether oxygens (including phenoxy) is 4. The zero-order valence-electron chi connectivity index (χ0n) is 14.6. The van der Waals surface area contributed by atoms with Crippen molar-refractivity contribution in [3.63, 3.8) is 0 Å². The van der Waals surface area contributed by atoms with Crippen LogP contribution in [0.2, 0.25) is 0 Å². The van der Waals surface area contributed by atoms with Crippen molar-refractivity contribution in [3.8, 4) is 0 Å². The topological polar surface area (TPSA) is 36.9 Å². The number of unbranched alkanes of at least 4 members (excludes halogenated alkanes) is 3. The maximum Gasteiger partial charge on any atom is 0.150 e. The molecule has 0 bridgehead atoms. The van der Waals surface area contributed by atoms with Crippen molar-refractivity contribution in [1.29, 1.82) is 0 Å². The Morgan fingerprint density at radius 3 is 2.18 bits per heavy atom. The van der Waals surface area contributed by atoms with Crippen molar-refractivity contribution in [3.05, 3.63) is 12.3 Å². The number of rotatable bonds is 13. The van der Waals surface area contributed by atoms with Crippen LogP contribution in [-0.2, 0) is 18.9 Å². The lowest BCUT2D eigenvalue weighted by Gasteiger charge is -2.34. The highest BCUT2D eigenvalue weighted by Gasteiger charge is 2.33. The van der Waals surface area contributed by atoms with Gasteiger partial charge in [-0.15, -0.1) is 0 Å². The third-order valence-electron chi connectivity index (χ3n) is 3.75. The lowest BCUT2D eigenvalue weighted by molar-refractivity contribution is -0.138. The largest absolute Gasteiger partial charge is 0.493 e. The average molecular weight is 314 g/mol. The summed E-state index contributed by atoms with van der Waals surface area (Å²) < 4.78 is 23.5. The Hall–Kier alpha value is -0.580. The van der Waals surface area contributed by atoms with Crippen LogP contribution in [-0.4, -0.2) is 44.7 Å². The summed E-state index contributed by atoms with van der Waals surface area (Å²) in [4.78, 5) is 0. The van der Waals surface area contributed by atoms with Gasteiger partial charge < -0.3 is 18.9 Å². The molecule has 4 heteroatoms. The molecule has 0 aromatic carbocycles. The van der Waals surface area contributed by atoms with E-state index in [9.17, 15) is 0 Å². The van der Waals surface area contributed by atoms with Gasteiger partial charge in [-0.2, -0.15) is 0 Å². The second kappa shape index (κ2) is 12.9. The average Bonchev–Trinajstić information content (AvgIpc) is 2.54. The molecule has 0 saturated heterocycles. The van der Waals surface area contributed by atoms with Crippen molar-refractivity contribution >= 4 is 0 Å². The third-order valence-corrected chi connectivity index (χ3v) is 3.75. The molecule has 130 valence electrons. The van der Waals surface area contributed by atoms with Crippen molar-refractivity contribution in [2.75, 3.05) is 26.4 Å². The Morgan fingerprint density at radius 2 is 1.50 bits per heavy atom. The lowest BCUT2D eigenvalue weighted by Crippen LogP contribution is -2.46. The first-order valence-corrected chi connectivity index (χ1v) is 8.96. The van der Waals surface area contributed by atoms with Gasteiger partial charge in [0.25, 0.3) is 0 Å². The van der Waals surface area contributed by atoms with E-state index in [4.69, 9.17) is 18.9 Å². The van der Waals surface area contributed by atoms with Gasteiger partial charge in [0.05, 0.1) is 12.9 Å². The molecule has 0 spiro atoms. The fourth-order valence-electron chi connectivity index (χ4n) is 2.28. The molecule has 0 fully saturated rings. The zero-order chi connectivity index (χ0) is 16.0. The molecule has 4 nitrogen and oxygen atoms in total. The normalized spacial score (nSPS) is 24.4. The molecule has 0 aromatic rings. The molecule has 0 aromatic heterocycles. The Morgan fingerprint density at radius 1 is 0.864 bits per heavy atom. The van der Waals surface area contributed by atoms with E-state index in [-0.39, 0.29) is 18.3 Å². The van der Waals surface area contributed by atoms with Crippen LogP contribution in [0.3, 0.4) is 0 Å². The smallest absolute Gasteiger partial charge is 0.150 e. The molecular formula is C18H34O4. The standard InChI is InChI=1S/C18H34O4/c1-4-7-11-19-15-17-18(22-13-9-6-3)16(10-14-21-17)20-12-8-5-2/h10,14,16-18H,4-9,11-13,15H2,1-3H3/t16-,17-,18+/m1/s1. The van der Waals surface area contributed by atoms with E-state index in [1.165, 1.54) is 0 Å². The van der Waals surface area contributed by atoms with Crippen molar-refractivity contribution in [2.45, 2.75) is 77.6 Å². The van der Waals surface area contributed by atoms with Gasteiger partial charge in [-0.3, -0.25) is 0 Å². The molecule has 0 unspecified atom stereocenters.